The Morgan fingerprint density at radius 2 is 1.84 bits per heavy atom. The maximum absolute atomic E-state index is 9.67. The predicted molar refractivity (Wildman–Crippen MR) is 81.8 cm³/mol. The molecule has 0 aromatic heterocycles. The minimum Gasteiger partial charge on any atom is -0.504 e. The SMILES string of the molecule is C=C/C=C\C(O)=C(/C=C)OCc1ccccc1.CC. The Morgan fingerprint density at radius 3 is 2.37 bits per heavy atom. The summed E-state index contributed by atoms with van der Waals surface area (Å²) in [6.07, 6.45) is 6.19. The van der Waals surface area contributed by atoms with E-state index >= 15 is 0 Å². The van der Waals surface area contributed by atoms with E-state index in [9.17, 15) is 5.11 Å². The second-order valence-electron chi connectivity index (χ2n) is 3.32. The maximum atomic E-state index is 9.67. The molecule has 0 saturated carbocycles. The number of hydrogen-bond acceptors (Lipinski definition) is 2. The van der Waals surface area contributed by atoms with Crippen molar-refractivity contribution in [2.24, 2.45) is 0 Å². The molecule has 0 saturated heterocycles. The molecule has 1 rings (SSSR count). The molecule has 0 spiro atoms. The van der Waals surface area contributed by atoms with Gasteiger partial charge in [0.2, 0.25) is 0 Å². The van der Waals surface area contributed by atoms with Crippen LogP contribution in [-0.2, 0) is 11.3 Å². The summed E-state index contributed by atoms with van der Waals surface area (Å²) in [4.78, 5) is 0. The van der Waals surface area contributed by atoms with Crippen LogP contribution in [0.3, 0.4) is 0 Å². The number of allylic oxidation sites excluding steroid dienone is 4. The Bertz CT molecular complexity index is 428. The zero-order chi connectivity index (χ0) is 14.5. The summed E-state index contributed by atoms with van der Waals surface area (Å²) in [5, 5.41) is 9.67. The van der Waals surface area contributed by atoms with Gasteiger partial charge in [0.1, 0.15) is 6.61 Å². The molecule has 0 fully saturated rings. The van der Waals surface area contributed by atoms with Crippen LogP contribution in [0, 0.1) is 0 Å². The highest BCUT2D eigenvalue weighted by molar-refractivity contribution is 5.24. The van der Waals surface area contributed by atoms with Crippen molar-refractivity contribution in [1.82, 2.24) is 0 Å². The first-order chi connectivity index (χ1) is 9.27. The average Bonchev–Trinajstić information content (AvgIpc) is 2.49. The highest BCUT2D eigenvalue weighted by Crippen LogP contribution is 2.10. The van der Waals surface area contributed by atoms with E-state index in [1.165, 1.54) is 12.2 Å². The van der Waals surface area contributed by atoms with E-state index in [-0.39, 0.29) is 5.76 Å². The minimum absolute atomic E-state index is 0.0378. The topological polar surface area (TPSA) is 29.5 Å². The smallest absolute Gasteiger partial charge is 0.160 e. The third-order valence-corrected chi connectivity index (χ3v) is 2.07. The van der Waals surface area contributed by atoms with E-state index in [0.29, 0.717) is 12.4 Å². The van der Waals surface area contributed by atoms with Crippen molar-refractivity contribution >= 4 is 0 Å². The van der Waals surface area contributed by atoms with Crippen LogP contribution in [0.25, 0.3) is 0 Å². The van der Waals surface area contributed by atoms with Gasteiger partial charge in [0.15, 0.2) is 11.5 Å². The van der Waals surface area contributed by atoms with Crippen LogP contribution < -0.4 is 0 Å². The molecule has 19 heavy (non-hydrogen) atoms. The summed E-state index contributed by atoms with van der Waals surface area (Å²) in [5.74, 6) is 0.391. The number of benzene rings is 1. The van der Waals surface area contributed by atoms with Gasteiger partial charge >= 0.3 is 0 Å². The highest BCUT2D eigenvalue weighted by atomic mass is 16.5. The largest absolute Gasteiger partial charge is 0.504 e. The molecule has 0 bridgehead atoms. The average molecular weight is 258 g/mol. The van der Waals surface area contributed by atoms with Crippen LogP contribution in [0.4, 0.5) is 0 Å². The molecule has 2 heteroatoms. The van der Waals surface area contributed by atoms with Crippen molar-refractivity contribution in [2.75, 3.05) is 0 Å². The third kappa shape index (κ3) is 6.94. The lowest BCUT2D eigenvalue weighted by Crippen LogP contribution is -1.94. The fourth-order valence-electron chi connectivity index (χ4n) is 1.21. The molecule has 2 nitrogen and oxygen atoms in total. The first-order valence-corrected chi connectivity index (χ1v) is 6.29. The Hall–Kier alpha value is -2.22. The lowest BCUT2D eigenvalue weighted by molar-refractivity contribution is 0.194. The monoisotopic (exact) mass is 258 g/mol. The minimum atomic E-state index is 0.0378. The van der Waals surface area contributed by atoms with Crippen LogP contribution in [0.2, 0.25) is 0 Å². The summed E-state index contributed by atoms with van der Waals surface area (Å²) in [5.41, 5.74) is 1.03. The van der Waals surface area contributed by atoms with E-state index in [2.05, 4.69) is 13.2 Å². The molecule has 1 N–H and O–H groups in total. The van der Waals surface area contributed by atoms with Gasteiger partial charge in [-0.2, -0.15) is 0 Å². The van der Waals surface area contributed by atoms with E-state index < -0.39 is 0 Å². The molecule has 0 amide bonds. The van der Waals surface area contributed by atoms with Gasteiger partial charge in [0.05, 0.1) is 0 Å². The standard InChI is InChI=1S/C15H16O2.C2H6/c1-3-5-11-14(16)15(4-2)17-12-13-9-7-6-8-10-13;1-2/h3-11,16H,1-2,12H2;1-2H3/b11-5-,15-14-;. The molecule has 0 aliphatic rings. The fourth-order valence-corrected chi connectivity index (χ4v) is 1.21. The normalized spacial score (nSPS) is 11.1. The molecule has 0 radical (unpaired) electrons. The van der Waals surface area contributed by atoms with Gasteiger partial charge in [-0.25, -0.2) is 0 Å². The van der Waals surface area contributed by atoms with Crippen LogP contribution in [0.5, 0.6) is 0 Å². The maximum Gasteiger partial charge on any atom is 0.160 e. The summed E-state index contributed by atoms with van der Waals surface area (Å²) < 4.78 is 5.46. The fraction of sp³-hybridized carbons (Fsp3) is 0.176. The molecular weight excluding hydrogens is 236 g/mol. The van der Waals surface area contributed by atoms with Crippen LogP contribution in [0.1, 0.15) is 19.4 Å². The van der Waals surface area contributed by atoms with Gasteiger partial charge in [0, 0.05) is 0 Å². The van der Waals surface area contributed by atoms with Crippen molar-refractivity contribution < 1.29 is 9.84 Å². The van der Waals surface area contributed by atoms with E-state index in [1.54, 1.807) is 12.2 Å². The third-order valence-electron chi connectivity index (χ3n) is 2.07. The number of hydrogen-bond donors (Lipinski definition) is 1. The number of aliphatic hydroxyl groups is 1. The summed E-state index contributed by atoms with van der Waals surface area (Å²) in [6.45, 7) is 11.5. The van der Waals surface area contributed by atoms with Crippen molar-refractivity contribution in [3.05, 3.63) is 84.9 Å². The molecule has 0 aliphatic carbocycles. The van der Waals surface area contributed by atoms with Crippen molar-refractivity contribution in [2.45, 2.75) is 20.5 Å². The number of rotatable bonds is 6. The Labute approximate surface area is 116 Å². The van der Waals surface area contributed by atoms with Crippen molar-refractivity contribution in [3.63, 3.8) is 0 Å². The van der Waals surface area contributed by atoms with E-state index in [4.69, 9.17) is 4.74 Å². The highest BCUT2D eigenvalue weighted by Gasteiger charge is 2.00. The second kappa shape index (κ2) is 10.9. The van der Waals surface area contributed by atoms with E-state index in [1.807, 2.05) is 44.2 Å². The molecule has 0 aliphatic heterocycles. The quantitative estimate of drug-likeness (QED) is 0.579. The molecule has 1 aromatic carbocycles. The summed E-state index contributed by atoms with van der Waals surface area (Å²) in [7, 11) is 0. The Balaban J connectivity index is 0.00000154. The van der Waals surface area contributed by atoms with Gasteiger partial charge in [-0.05, 0) is 17.7 Å². The molecule has 0 unspecified atom stereocenters. The van der Waals surface area contributed by atoms with Gasteiger partial charge in [-0.3, -0.25) is 0 Å². The zero-order valence-corrected chi connectivity index (χ0v) is 11.7. The Morgan fingerprint density at radius 1 is 1.21 bits per heavy atom. The molecule has 0 heterocycles. The van der Waals surface area contributed by atoms with Crippen LogP contribution >= 0.6 is 0 Å². The molecular formula is C17H22O2. The van der Waals surface area contributed by atoms with Crippen LogP contribution in [0.15, 0.2) is 79.3 Å². The Kier molecular flexibility index (Phi) is 9.63. The predicted octanol–water partition coefficient (Wildman–Crippen LogP) is 4.93. The van der Waals surface area contributed by atoms with Gasteiger partial charge in [-0.15, -0.1) is 0 Å². The van der Waals surface area contributed by atoms with Gasteiger partial charge < -0.3 is 9.84 Å². The summed E-state index contributed by atoms with van der Waals surface area (Å²) >= 11 is 0. The van der Waals surface area contributed by atoms with Gasteiger partial charge in [-0.1, -0.05) is 69.5 Å². The first-order valence-electron chi connectivity index (χ1n) is 6.29. The molecule has 102 valence electrons. The van der Waals surface area contributed by atoms with Gasteiger partial charge in [0.25, 0.3) is 0 Å². The summed E-state index contributed by atoms with van der Waals surface area (Å²) in [6, 6.07) is 9.73. The number of ether oxygens (including phenoxy) is 1. The van der Waals surface area contributed by atoms with E-state index in [0.717, 1.165) is 5.56 Å². The van der Waals surface area contributed by atoms with Crippen molar-refractivity contribution in [1.29, 1.82) is 0 Å². The zero-order valence-electron chi connectivity index (χ0n) is 11.7. The lowest BCUT2D eigenvalue weighted by Gasteiger charge is -2.07. The number of aliphatic hydroxyl groups excluding tert-OH is 1. The lowest BCUT2D eigenvalue weighted by atomic mass is 10.2. The second-order valence-corrected chi connectivity index (χ2v) is 3.32. The van der Waals surface area contributed by atoms with Crippen LogP contribution in [-0.4, -0.2) is 5.11 Å². The molecule has 0 atom stereocenters. The first kappa shape index (κ1) is 16.8. The molecule has 1 aromatic rings. The van der Waals surface area contributed by atoms with Crippen molar-refractivity contribution in [3.8, 4) is 0 Å².